The molecule has 1 unspecified atom stereocenters. The maximum absolute atomic E-state index is 13.9. The van der Waals surface area contributed by atoms with Gasteiger partial charge in [0.15, 0.2) is 0 Å². The van der Waals surface area contributed by atoms with Crippen LogP contribution < -0.4 is 9.62 Å². The summed E-state index contributed by atoms with van der Waals surface area (Å²) in [5.41, 5.74) is 2.75. The molecular formula is C28H32ClN3O4S. The summed E-state index contributed by atoms with van der Waals surface area (Å²) >= 11 is 6.03. The SMILES string of the molecule is CCC(C(=O)NC)N(Cc1ccc(Cl)cc1)C(=O)CN(c1cc(C)ccc1C)S(=O)(=O)c1ccccc1. The van der Waals surface area contributed by atoms with E-state index in [9.17, 15) is 18.0 Å². The van der Waals surface area contributed by atoms with Gasteiger partial charge < -0.3 is 10.2 Å². The molecule has 3 rings (SSSR count). The van der Waals surface area contributed by atoms with E-state index in [0.29, 0.717) is 22.7 Å². The standard InChI is InChI=1S/C28H32ClN3O4S/c1-5-25(28(34)30-4)31(18-22-13-15-23(29)16-14-22)27(33)19-32(26-17-20(2)11-12-21(26)3)37(35,36)24-9-7-6-8-10-24/h6-17,25H,5,18-19H2,1-4H3,(H,30,34). The molecule has 0 radical (unpaired) electrons. The summed E-state index contributed by atoms with van der Waals surface area (Å²) in [4.78, 5) is 28.2. The Morgan fingerprint density at radius 2 is 1.62 bits per heavy atom. The predicted octanol–water partition coefficient (Wildman–Crippen LogP) is 4.71. The number of aryl methyl sites for hydroxylation is 2. The van der Waals surface area contributed by atoms with Gasteiger partial charge in [0.1, 0.15) is 12.6 Å². The Morgan fingerprint density at radius 3 is 2.22 bits per heavy atom. The molecule has 0 saturated carbocycles. The molecule has 0 aliphatic heterocycles. The van der Waals surface area contributed by atoms with Crippen LogP contribution >= 0.6 is 11.6 Å². The van der Waals surface area contributed by atoms with Crippen LogP contribution in [0.1, 0.15) is 30.0 Å². The molecule has 2 amide bonds. The molecule has 37 heavy (non-hydrogen) atoms. The Bertz CT molecular complexity index is 1350. The van der Waals surface area contributed by atoms with Gasteiger partial charge >= 0.3 is 0 Å². The molecule has 1 atom stereocenters. The monoisotopic (exact) mass is 541 g/mol. The molecule has 3 aromatic carbocycles. The molecule has 0 aliphatic rings. The third-order valence-electron chi connectivity index (χ3n) is 6.14. The summed E-state index contributed by atoms with van der Waals surface area (Å²) in [6, 6.07) is 19.7. The zero-order valence-corrected chi connectivity index (χ0v) is 23.0. The van der Waals surface area contributed by atoms with Crippen molar-refractivity contribution in [2.45, 2.75) is 44.7 Å². The average Bonchev–Trinajstić information content (AvgIpc) is 2.89. The molecule has 196 valence electrons. The summed E-state index contributed by atoms with van der Waals surface area (Å²) < 4.78 is 28.8. The number of nitrogens with zero attached hydrogens (tertiary/aromatic N) is 2. The summed E-state index contributed by atoms with van der Waals surface area (Å²) in [6.07, 6.45) is 0.355. The maximum atomic E-state index is 13.9. The van der Waals surface area contributed by atoms with Gasteiger partial charge in [0.25, 0.3) is 10.0 Å². The van der Waals surface area contributed by atoms with Gasteiger partial charge in [0.2, 0.25) is 11.8 Å². The average molecular weight is 542 g/mol. The Morgan fingerprint density at radius 1 is 0.973 bits per heavy atom. The van der Waals surface area contributed by atoms with Crippen molar-refractivity contribution in [1.82, 2.24) is 10.2 Å². The molecule has 0 spiro atoms. The van der Waals surface area contributed by atoms with E-state index in [-0.39, 0.29) is 17.3 Å². The van der Waals surface area contributed by atoms with Gasteiger partial charge in [-0.05, 0) is 67.3 Å². The van der Waals surface area contributed by atoms with Crippen LogP contribution in [0.2, 0.25) is 5.02 Å². The lowest BCUT2D eigenvalue weighted by Gasteiger charge is -2.33. The highest BCUT2D eigenvalue weighted by Gasteiger charge is 2.33. The van der Waals surface area contributed by atoms with Crippen molar-refractivity contribution < 1.29 is 18.0 Å². The Labute approximate surface area is 224 Å². The molecule has 7 nitrogen and oxygen atoms in total. The van der Waals surface area contributed by atoms with Crippen LogP contribution in [0.4, 0.5) is 5.69 Å². The van der Waals surface area contributed by atoms with E-state index < -0.39 is 28.5 Å². The van der Waals surface area contributed by atoms with Gasteiger partial charge in [-0.15, -0.1) is 0 Å². The van der Waals surface area contributed by atoms with E-state index in [1.807, 2.05) is 26.0 Å². The smallest absolute Gasteiger partial charge is 0.264 e. The number of carbonyl (C=O) groups excluding carboxylic acids is 2. The molecule has 1 N–H and O–H groups in total. The third kappa shape index (κ3) is 6.70. The molecular weight excluding hydrogens is 510 g/mol. The molecule has 9 heteroatoms. The molecule has 0 bridgehead atoms. The number of rotatable bonds is 10. The first-order valence-corrected chi connectivity index (χ1v) is 13.8. The zero-order chi connectivity index (χ0) is 27.2. The van der Waals surface area contributed by atoms with Gasteiger partial charge in [-0.2, -0.15) is 0 Å². The fourth-order valence-electron chi connectivity index (χ4n) is 4.09. The summed E-state index contributed by atoms with van der Waals surface area (Å²) in [7, 11) is -2.58. The first-order valence-electron chi connectivity index (χ1n) is 12.0. The van der Waals surface area contributed by atoms with Crippen LogP contribution in [-0.4, -0.2) is 44.8 Å². The van der Waals surface area contributed by atoms with E-state index in [1.165, 1.54) is 24.1 Å². The van der Waals surface area contributed by atoms with Gasteiger partial charge in [-0.3, -0.25) is 13.9 Å². The predicted molar refractivity (Wildman–Crippen MR) is 147 cm³/mol. The topological polar surface area (TPSA) is 86.8 Å². The first-order chi connectivity index (χ1) is 17.6. The molecule has 0 heterocycles. The summed E-state index contributed by atoms with van der Waals surface area (Å²) in [5.74, 6) is -0.820. The number of nitrogens with one attached hydrogen (secondary N) is 1. The van der Waals surface area contributed by atoms with Crippen LogP contribution in [-0.2, 0) is 26.2 Å². The minimum atomic E-state index is -4.09. The molecule has 0 aromatic heterocycles. The second-order valence-electron chi connectivity index (χ2n) is 8.80. The van der Waals surface area contributed by atoms with Gasteiger partial charge in [0, 0.05) is 18.6 Å². The summed E-state index contributed by atoms with van der Waals surface area (Å²) in [5, 5.41) is 3.17. The number of hydrogen-bond acceptors (Lipinski definition) is 4. The Kier molecular flexibility index (Phi) is 9.34. The van der Waals surface area contributed by atoms with Crippen molar-refractivity contribution in [3.63, 3.8) is 0 Å². The number of sulfonamides is 1. The van der Waals surface area contributed by atoms with Crippen molar-refractivity contribution in [2.75, 3.05) is 17.9 Å². The maximum Gasteiger partial charge on any atom is 0.264 e. The summed E-state index contributed by atoms with van der Waals surface area (Å²) in [6.45, 7) is 5.13. The number of amides is 2. The second-order valence-corrected chi connectivity index (χ2v) is 11.1. The van der Waals surface area contributed by atoms with Crippen LogP contribution in [0.3, 0.4) is 0 Å². The zero-order valence-electron chi connectivity index (χ0n) is 21.4. The lowest BCUT2D eigenvalue weighted by molar-refractivity contribution is -0.140. The minimum absolute atomic E-state index is 0.0753. The molecule has 3 aromatic rings. The van der Waals surface area contributed by atoms with E-state index in [2.05, 4.69) is 5.32 Å². The van der Waals surface area contributed by atoms with E-state index in [0.717, 1.165) is 15.4 Å². The fraction of sp³-hybridized carbons (Fsp3) is 0.286. The van der Waals surface area contributed by atoms with Crippen LogP contribution in [0, 0.1) is 13.8 Å². The molecule has 0 saturated heterocycles. The van der Waals surface area contributed by atoms with Gasteiger partial charge in [-0.25, -0.2) is 8.42 Å². The Balaban J connectivity index is 2.09. The highest BCUT2D eigenvalue weighted by molar-refractivity contribution is 7.92. The van der Waals surface area contributed by atoms with Gasteiger partial charge in [0.05, 0.1) is 10.6 Å². The highest BCUT2D eigenvalue weighted by atomic mass is 35.5. The largest absolute Gasteiger partial charge is 0.357 e. The molecule has 0 aliphatic carbocycles. The third-order valence-corrected chi connectivity index (χ3v) is 8.17. The van der Waals surface area contributed by atoms with E-state index in [1.54, 1.807) is 55.5 Å². The normalized spacial score (nSPS) is 12.0. The lowest BCUT2D eigenvalue weighted by Crippen LogP contribution is -2.51. The molecule has 0 fully saturated rings. The number of likely N-dealkylation sites (N-methyl/N-ethyl adjacent to an activating group) is 1. The highest BCUT2D eigenvalue weighted by Crippen LogP contribution is 2.28. The van der Waals surface area contributed by atoms with Crippen LogP contribution in [0.25, 0.3) is 0 Å². The number of benzene rings is 3. The van der Waals surface area contributed by atoms with Crippen molar-refractivity contribution >= 4 is 39.1 Å². The first kappa shape index (κ1) is 28.2. The minimum Gasteiger partial charge on any atom is -0.357 e. The number of hydrogen-bond donors (Lipinski definition) is 1. The number of halogens is 1. The van der Waals surface area contributed by atoms with Crippen LogP contribution in [0.5, 0.6) is 0 Å². The Hall–Kier alpha value is -3.36. The van der Waals surface area contributed by atoms with Crippen molar-refractivity contribution in [1.29, 1.82) is 0 Å². The fourth-order valence-corrected chi connectivity index (χ4v) is 5.71. The second kappa shape index (κ2) is 12.3. The lowest BCUT2D eigenvalue weighted by atomic mass is 10.1. The van der Waals surface area contributed by atoms with E-state index >= 15 is 0 Å². The van der Waals surface area contributed by atoms with Crippen molar-refractivity contribution in [3.05, 3.63) is 94.5 Å². The van der Waals surface area contributed by atoms with E-state index in [4.69, 9.17) is 11.6 Å². The number of carbonyl (C=O) groups is 2. The van der Waals surface area contributed by atoms with Crippen molar-refractivity contribution in [3.8, 4) is 0 Å². The van der Waals surface area contributed by atoms with Crippen LogP contribution in [0.15, 0.2) is 77.7 Å². The quantitative estimate of drug-likeness (QED) is 0.403. The number of anilines is 1. The van der Waals surface area contributed by atoms with Crippen molar-refractivity contribution in [2.24, 2.45) is 0 Å². The van der Waals surface area contributed by atoms with Gasteiger partial charge in [-0.1, -0.05) is 61.0 Å².